The van der Waals surface area contributed by atoms with Gasteiger partial charge in [-0.15, -0.1) is 0 Å². The Labute approximate surface area is 133 Å². The molecule has 0 aliphatic rings. The number of anilines is 2. The van der Waals surface area contributed by atoms with Crippen LogP contribution in [0.4, 0.5) is 11.6 Å². The first-order valence-corrected chi connectivity index (χ1v) is 6.84. The molecule has 0 aliphatic heterocycles. The van der Waals surface area contributed by atoms with Crippen molar-refractivity contribution in [3.63, 3.8) is 0 Å². The van der Waals surface area contributed by atoms with Crippen molar-refractivity contribution in [3.05, 3.63) is 28.0 Å². The van der Waals surface area contributed by atoms with Crippen LogP contribution in [0.2, 0.25) is 0 Å². The lowest BCUT2D eigenvalue weighted by Crippen LogP contribution is -2.07. The molecule has 1 heterocycles. The zero-order valence-electron chi connectivity index (χ0n) is 12.6. The first-order chi connectivity index (χ1) is 10.5. The fourth-order valence-electron chi connectivity index (χ4n) is 2.16. The largest absolute Gasteiger partial charge is 0.493 e. The van der Waals surface area contributed by atoms with Crippen molar-refractivity contribution in [2.45, 2.75) is 6.42 Å². The Hall–Kier alpha value is -2.48. The second-order valence-corrected chi connectivity index (χ2v) is 4.92. The zero-order valence-corrected chi connectivity index (χ0v) is 13.4. The average molecular weight is 322 g/mol. The highest BCUT2D eigenvalue weighted by Gasteiger charge is 2.15. The third kappa shape index (κ3) is 3.06. The molecule has 0 atom stereocenters. The Bertz CT molecular complexity index is 694. The van der Waals surface area contributed by atoms with Gasteiger partial charge >= 0.3 is 0 Å². The van der Waals surface area contributed by atoms with Gasteiger partial charge in [0.15, 0.2) is 16.3 Å². The summed E-state index contributed by atoms with van der Waals surface area (Å²) in [5, 5.41) is 0. The van der Waals surface area contributed by atoms with E-state index in [9.17, 15) is 0 Å². The van der Waals surface area contributed by atoms with E-state index in [4.69, 9.17) is 37.9 Å². The van der Waals surface area contributed by atoms with E-state index >= 15 is 0 Å². The van der Waals surface area contributed by atoms with Crippen LogP contribution in [0.5, 0.6) is 17.2 Å². The third-order valence-corrected chi connectivity index (χ3v) is 3.40. The van der Waals surface area contributed by atoms with Gasteiger partial charge in [-0.1, -0.05) is 0 Å². The van der Waals surface area contributed by atoms with Crippen molar-refractivity contribution in [1.82, 2.24) is 9.97 Å². The maximum Gasteiger partial charge on any atom is 0.203 e. The Morgan fingerprint density at radius 1 is 1.09 bits per heavy atom. The Morgan fingerprint density at radius 3 is 2.14 bits per heavy atom. The Kier molecular flexibility index (Phi) is 4.71. The van der Waals surface area contributed by atoms with Crippen molar-refractivity contribution in [2.75, 3.05) is 32.8 Å². The van der Waals surface area contributed by atoms with Gasteiger partial charge in [-0.2, -0.15) is 0 Å². The number of ether oxygens (including phenoxy) is 3. The van der Waals surface area contributed by atoms with E-state index in [1.807, 2.05) is 12.1 Å². The standard InChI is InChI=1S/C14H18N4O3S/c1-19-9-5-7(6-10(20-2)11(9)21-3)4-8-12(15)17-14(22)18-13(8)16/h5-6H,4H2,1-3H3,(H5,15,16,17,18,22). The maximum atomic E-state index is 5.94. The lowest BCUT2D eigenvalue weighted by atomic mass is 10.0. The number of benzene rings is 1. The van der Waals surface area contributed by atoms with E-state index in [1.54, 1.807) is 21.3 Å². The number of nitrogen functional groups attached to an aromatic ring is 2. The van der Waals surface area contributed by atoms with Crippen LogP contribution in [0, 0.1) is 4.77 Å². The molecular formula is C14H18N4O3S. The van der Waals surface area contributed by atoms with E-state index < -0.39 is 0 Å². The summed E-state index contributed by atoms with van der Waals surface area (Å²) in [5.41, 5.74) is 13.4. The molecular weight excluding hydrogens is 304 g/mol. The van der Waals surface area contributed by atoms with Crippen LogP contribution in [-0.4, -0.2) is 31.3 Å². The molecule has 1 aromatic carbocycles. The molecule has 0 bridgehead atoms. The highest BCUT2D eigenvalue weighted by Crippen LogP contribution is 2.39. The lowest BCUT2D eigenvalue weighted by molar-refractivity contribution is 0.324. The van der Waals surface area contributed by atoms with Crippen molar-refractivity contribution in [1.29, 1.82) is 0 Å². The van der Waals surface area contributed by atoms with Gasteiger partial charge in [0.1, 0.15) is 11.6 Å². The predicted octanol–water partition coefficient (Wildman–Crippen LogP) is 1.92. The normalized spacial score (nSPS) is 10.3. The molecule has 0 fully saturated rings. The highest BCUT2D eigenvalue weighted by molar-refractivity contribution is 7.71. The van der Waals surface area contributed by atoms with Crippen molar-refractivity contribution in [2.24, 2.45) is 0 Å². The van der Waals surface area contributed by atoms with Crippen LogP contribution in [0.15, 0.2) is 12.1 Å². The van der Waals surface area contributed by atoms with Crippen molar-refractivity contribution in [3.8, 4) is 17.2 Å². The summed E-state index contributed by atoms with van der Waals surface area (Å²) in [6.07, 6.45) is 0.452. The molecule has 0 saturated heterocycles. The van der Waals surface area contributed by atoms with E-state index in [-0.39, 0.29) is 4.77 Å². The topological polar surface area (TPSA) is 108 Å². The molecule has 0 spiro atoms. The summed E-state index contributed by atoms with van der Waals surface area (Å²) in [4.78, 5) is 6.81. The Balaban J connectivity index is 2.48. The Morgan fingerprint density at radius 2 is 1.68 bits per heavy atom. The molecule has 1 aromatic heterocycles. The van der Waals surface area contributed by atoms with Crippen LogP contribution in [0.25, 0.3) is 0 Å². The number of hydrogen-bond donors (Lipinski definition) is 3. The summed E-state index contributed by atoms with van der Waals surface area (Å²) in [7, 11) is 4.67. The lowest BCUT2D eigenvalue weighted by Gasteiger charge is -2.15. The molecule has 0 aliphatic carbocycles. The van der Waals surface area contributed by atoms with Gasteiger partial charge in [-0.3, -0.25) is 0 Å². The van der Waals surface area contributed by atoms with Crippen LogP contribution in [0.3, 0.4) is 0 Å². The van der Waals surface area contributed by atoms with Gasteiger partial charge in [0.05, 0.1) is 21.3 Å². The summed E-state index contributed by atoms with van der Waals surface area (Å²) >= 11 is 4.94. The van der Waals surface area contributed by atoms with Gasteiger partial charge in [-0.25, -0.2) is 4.98 Å². The second kappa shape index (κ2) is 6.52. The quantitative estimate of drug-likeness (QED) is 0.722. The number of rotatable bonds is 5. The second-order valence-electron chi connectivity index (χ2n) is 4.53. The van der Waals surface area contributed by atoms with Crippen LogP contribution >= 0.6 is 12.2 Å². The molecule has 22 heavy (non-hydrogen) atoms. The van der Waals surface area contributed by atoms with Gasteiger partial charge in [0.2, 0.25) is 5.75 Å². The summed E-state index contributed by atoms with van der Waals surface area (Å²) in [6, 6.07) is 3.67. The number of aromatic amines is 1. The number of nitrogens with one attached hydrogen (secondary N) is 1. The minimum absolute atomic E-state index is 0.253. The molecule has 5 N–H and O–H groups in total. The minimum Gasteiger partial charge on any atom is -0.493 e. The van der Waals surface area contributed by atoms with Gasteiger partial charge in [0.25, 0.3) is 0 Å². The number of H-pyrrole nitrogens is 1. The fourth-order valence-corrected chi connectivity index (χ4v) is 2.37. The summed E-state index contributed by atoms with van der Waals surface area (Å²) in [5.74, 6) is 2.35. The van der Waals surface area contributed by atoms with Crippen LogP contribution < -0.4 is 25.7 Å². The SMILES string of the molecule is COc1cc(Cc2c(N)nc(=S)[nH]c2N)cc(OC)c1OC. The number of hydrogen-bond acceptors (Lipinski definition) is 7. The maximum absolute atomic E-state index is 5.94. The first kappa shape index (κ1) is 15.9. The van der Waals surface area contributed by atoms with Crippen LogP contribution in [-0.2, 0) is 6.42 Å². The van der Waals surface area contributed by atoms with Gasteiger partial charge in [0, 0.05) is 12.0 Å². The molecule has 7 nitrogen and oxygen atoms in total. The van der Waals surface area contributed by atoms with Crippen molar-refractivity contribution >= 4 is 23.9 Å². The number of nitrogens with two attached hydrogens (primary N) is 2. The third-order valence-electron chi connectivity index (χ3n) is 3.20. The predicted molar refractivity (Wildman–Crippen MR) is 87.2 cm³/mol. The zero-order chi connectivity index (χ0) is 16.3. The average Bonchev–Trinajstić information content (AvgIpc) is 2.49. The molecule has 118 valence electrons. The molecule has 0 unspecified atom stereocenters. The monoisotopic (exact) mass is 322 g/mol. The molecule has 8 heteroatoms. The van der Waals surface area contributed by atoms with Gasteiger partial charge < -0.3 is 30.7 Å². The van der Waals surface area contributed by atoms with Crippen molar-refractivity contribution < 1.29 is 14.2 Å². The smallest absolute Gasteiger partial charge is 0.203 e. The van der Waals surface area contributed by atoms with Crippen LogP contribution in [0.1, 0.15) is 11.1 Å². The van der Waals surface area contributed by atoms with E-state index in [0.29, 0.717) is 40.9 Å². The number of nitrogens with zero attached hydrogens (tertiary/aromatic N) is 1. The van der Waals surface area contributed by atoms with Gasteiger partial charge in [-0.05, 0) is 29.9 Å². The fraction of sp³-hybridized carbons (Fsp3) is 0.286. The summed E-state index contributed by atoms with van der Waals surface area (Å²) < 4.78 is 16.2. The molecule has 2 rings (SSSR count). The minimum atomic E-state index is 0.253. The van der Waals surface area contributed by atoms with E-state index in [1.165, 1.54) is 0 Å². The molecule has 0 radical (unpaired) electrons. The first-order valence-electron chi connectivity index (χ1n) is 6.43. The van der Waals surface area contributed by atoms with E-state index in [2.05, 4.69) is 9.97 Å². The number of aromatic nitrogens is 2. The number of methoxy groups -OCH3 is 3. The molecule has 0 amide bonds. The summed E-state index contributed by atoms with van der Waals surface area (Å²) in [6.45, 7) is 0. The van der Waals surface area contributed by atoms with E-state index in [0.717, 1.165) is 5.56 Å². The highest BCUT2D eigenvalue weighted by atomic mass is 32.1. The molecule has 0 saturated carbocycles. The molecule has 2 aromatic rings.